The number of hydrogen-bond acceptors (Lipinski definition) is 8. The molecule has 0 amide bonds. The Morgan fingerprint density at radius 1 is 1.10 bits per heavy atom. The van der Waals surface area contributed by atoms with Crippen LogP contribution in [0.4, 0.5) is 5.82 Å². The van der Waals surface area contributed by atoms with Gasteiger partial charge in [0.1, 0.15) is 21.3 Å². The van der Waals surface area contributed by atoms with E-state index in [1.54, 1.807) is 6.92 Å². The fourth-order valence-corrected chi connectivity index (χ4v) is 6.40. The highest BCUT2D eigenvalue weighted by molar-refractivity contribution is 7.86. The maximum Gasteiger partial charge on any atom is 0.348 e. The number of carbonyl (C=O) groups is 1. The summed E-state index contributed by atoms with van der Waals surface area (Å²) in [5.74, 6) is 1.02. The van der Waals surface area contributed by atoms with Gasteiger partial charge in [0.15, 0.2) is 0 Å². The first-order valence-electron chi connectivity index (χ1n) is 10.2. The number of anilines is 1. The molecule has 166 valence electrons. The third kappa shape index (κ3) is 4.16. The van der Waals surface area contributed by atoms with Crippen LogP contribution in [0, 0.1) is 13.8 Å². The number of nitrogens with zero attached hydrogens (tertiary/aromatic N) is 5. The fourth-order valence-electron chi connectivity index (χ4n) is 3.69. The number of hydrogen-bond donors (Lipinski definition) is 0. The Balaban J connectivity index is 1.90. The van der Waals surface area contributed by atoms with Gasteiger partial charge in [0.25, 0.3) is 10.2 Å². The zero-order chi connectivity index (χ0) is 22.1. The molecule has 0 bridgehead atoms. The summed E-state index contributed by atoms with van der Waals surface area (Å²) in [5, 5.41) is 0.841. The van der Waals surface area contributed by atoms with Crippen LogP contribution in [0.1, 0.15) is 41.8 Å². The van der Waals surface area contributed by atoms with Crippen molar-refractivity contribution in [2.45, 2.75) is 34.6 Å². The number of piperazine rings is 1. The minimum Gasteiger partial charge on any atom is -0.462 e. The fraction of sp³-hybridized carbons (Fsp3) is 0.632. The molecule has 3 heterocycles. The van der Waals surface area contributed by atoms with E-state index in [1.165, 1.54) is 19.9 Å². The SMILES string of the molecule is CCOC(=O)c1sc2nc(C)nc(N3CCN(S(=O)(=O)N(CC)CC)CC3)c2c1C. The lowest BCUT2D eigenvalue weighted by molar-refractivity contribution is 0.0531. The molecule has 9 nitrogen and oxygen atoms in total. The zero-order valence-corrected chi connectivity index (χ0v) is 19.8. The van der Waals surface area contributed by atoms with Crippen molar-refractivity contribution in [3.05, 3.63) is 16.3 Å². The van der Waals surface area contributed by atoms with Gasteiger partial charge in [0.05, 0.1) is 12.0 Å². The molecule has 1 aliphatic heterocycles. The predicted molar refractivity (Wildman–Crippen MR) is 118 cm³/mol. The van der Waals surface area contributed by atoms with Crippen LogP contribution in [0.5, 0.6) is 0 Å². The van der Waals surface area contributed by atoms with E-state index >= 15 is 0 Å². The number of aryl methyl sites for hydroxylation is 2. The Morgan fingerprint density at radius 2 is 1.73 bits per heavy atom. The number of esters is 1. The molecule has 0 aliphatic carbocycles. The van der Waals surface area contributed by atoms with E-state index < -0.39 is 10.2 Å². The van der Waals surface area contributed by atoms with Crippen LogP contribution < -0.4 is 4.90 Å². The molecule has 0 aromatic carbocycles. The van der Waals surface area contributed by atoms with Crippen LogP contribution in [-0.2, 0) is 14.9 Å². The van der Waals surface area contributed by atoms with Gasteiger partial charge in [0.2, 0.25) is 0 Å². The summed E-state index contributed by atoms with van der Waals surface area (Å²) in [6.45, 7) is 12.2. The van der Waals surface area contributed by atoms with Crippen molar-refractivity contribution >= 4 is 43.5 Å². The van der Waals surface area contributed by atoms with Crippen LogP contribution >= 0.6 is 11.3 Å². The second kappa shape index (κ2) is 9.13. The molecule has 1 saturated heterocycles. The third-order valence-corrected chi connectivity index (χ3v) is 8.59. The first-order valence-corrected chi connectivity index (χ1v) is 12.4. The van der Waals surface area contributed by atoms with E-state index in [4.69, 9.17) is 4.74 Å². The number of thiophene rings is 1. The standard InChI is InChI=1S/C19H29N5O4S2/c1-6-23(7-2)30(26,27)24-11-9-22(10-12-24)17-15-13(4)16(19(25)28-8-3)29-18(15)21-14(5)20-17/h6-12H2,1-5H3. The summed E-state index contributed by atoms with van der Waals surface area (Å²) in [6, 6.07) is 0. The molecule has 0 unspecified atom stereocenters. The van der Waals surface area contributed by atoms with E-state index in [-0.39, 0.29) is 5.97 Å². The minimum atomic E-state index is -3.45. The maximum atomic E-state index is 12.8. The van der Waals surface area contributed by atoms with Crippen LogP contribution in [-0.4, -0.2) is 78.8 Å². The Kier molecular flexibility index (Phi) is 6.95. The van der Waals surface area contributed by atoms with E-state index in [2.05, 4.69) is 14.9 Å². The van der Waals surface area contributed by atoms with Crippen molar-refractivity contribution in [2.75, 3.05) is 50.8 Å². The van der Waals surface area contributed by atoms with Gasteiger partial charge in [-0.3, -0.25) is 0 Å². The van der Waals surface area contributed by atoms with Crippen molar-refractivity contribution in [3.8, 4) is 0 Å². The second-order valence-electron chi connectivity index (χ2n) is 7.03. The zero-order valence-electron chi connectivity index (χ0n) is 18.1. The Hall–Kier alpha value is -1.82. The first-order chi connectivity index (χ1) is 14.2. The highest BCUT2D eigenvalue weighted by Crippen LogP contribution is 2.36. The lowest BCUT2D eigenvalue weighted by atomic mass is 10.2. The smallest absolute Gasteiger partial charge is 0.348 e. The number of aromatic nitrogens is 2. The van der Waals surface area contributed by atoms with Gasteiger partial charge in [-0.25, -0.2) is 14.8 Å². The average molecular weight is 456 g/mol. The molecule has 1 fully saturated rings. The van der Waals surface area contributed by atoms with Gasteiger partial charge in [0, 0.05) is 39.3 Å². The topological polar surface area (TPSA) is 95.9 Å². The summed E-state index contributed by atoms with van der Waals surface area (Å²) in [5.41, 5.74) is 0.807. The van der Waals surface area contributed by atoms with E-state index in [0.717, 1.165) is 21.6 Å². The van der Waals surface area contributed by atoms with Gasteiger partial charge < -0.3 is 9.64 Å². The van der Waals surface area contributed by atoms with E-state index in [0.29, 0.717) is 56.6 Å². The quantitative estimate of drug-likeness (QED) is 0.591. The summed E-state index contributed by atoms with van der Waals surface area (Å²) in [6.07, 6.45) is 0. The van der Waals surface area contributed by atoms with Gasteiger partial charge in [-0.2, -0.15) is 17.0 Å². The normalized spacial score (nSPS) is 15.9. The predicted octanol–water partition coefficient (Wildman–Crippen LogP) is 2.19. The Labute approximate surface area is 181 Å². The second-order valence-corrected chi connectivity index (χ2v) is 9.96. The van der Waals surface area contributed by atoms with Gasteiger partial charge in [-0.15, -0.1) is 11.3 Å². The summed E-state index contributed by atoms with van der Waals surface area (Å²) in [4.78, 5) is 24.9. The molecule has 2 aromatic rings. The molecule has 0 radical (unpaired) electrons. The van der Waals surface area contributed by atoms with Crippen LogP contribution in [0.2, 0.25) is 0 Å². The van der Waals surface area contributed by atoms with E-state index in [1.807, 2.05) is 27.7 Å². The number of fused-ring (bicyclic) bond motifs is 1. The molecule has 30 heavy (non-hydrogen) atoms. The van der Waals surface area contributed by atoms with Gasteiger partial charge in [-0.05, 0) is 26.3 Å². The Morgan fingerprint density at radius 3 is 2.30 bits per heavy atom. The lowest BCUT2D eigenvalue weighted by Gasteiger charge is -2.37. The van der Waals surface area contributed by atoms with Crippen LogP contribution in [0.25, 0.3) is 10.2 Å². The first kappa shape index (κ1) is 22.9. The molecule has 0 atom stereocenters. The molecule has 1 aliphatic rings. The van der Waals surface area contributed by atoms with Gasteiger partial charge >= 0.3 is 5.97 Å². The minimum absolute atomic E-state index is 0.313. The molecule has 3 rings (SSSR count). The van der Waals surface area contributed by atoms with Crippen molar-refractivity contribution in [1.82, 2.24) is 18.6 Å². The van der Waals surface area contributed by atoms with Crippen LogP contribution in [0.3, 0.4) is 0 Å². The molecule has 0 spiro atoms. The van der Waals surface area contributed by atoms with E-state index in [9.17, 15) is 13.2 Å². The summed E-state index contributed by atoms with van der Waals surface area (Å²) >= 11 is 1.31. The van der Waals surface area contributed by atoms with Crippen LogP contribution in [0.15, 0.2) is 0 Å². The largest absolute Gasteiger partial charge is 0.462 e. The number of ether oxygens (including phenoxy) is 1. The molecule has 2 aromatic heterocycles. The molecular formula is C19H29N5O4S2. The highest BCUT2D eigenvalue weighted by atomic mass is 32.2. The molecule has 11 heteroatoms. The molecular weight excluding hydrogens is 426 g/mol. The van der Waals surface area contributed by atoms with Crippen molar-refractivity contribution in [1.29, 1.82) is 0 Å². The van der Waals surface area contributed by atoms with Crippen molar-refractivity contribution < 1.29 is 17.9 Å². The molecule has 0 saturated carbocycles. The Bertz CT molecular complexity index is 1030. The van der Waals surface area contributed by atoms with Crippen molar-refractivity contribution in [3.63, 3.8) is 0 Å². The number of rotatable bonds is 7. The molecule has 0 N–H and O–H groups in total. The summed E-state index contributed by atoms with van der Waals surface area (Å²) in [7, 11) is -3.45. The highest BCUT2D eigenvalue weighted by Gasteiger charge is 2.32. The van der Waals surface area contributed by atoms with Crippen molar-refractivity contribution in [2.24, 2.45) is 0 Å². The third-order valence-electron chi connectivity index (χ3n) is 5.24. The number of carbonyl (C=O) groups excluding carboxylic acids is 1. The van der Waals surface area contributed by atoms with Gasteiger partial charge in [-0.1, -0.05) is 13.8 Å². The average Bonchev–Trinajstić information content (AvgIpc) is 3.04. The monoisotopic (exact) mass is 455 g/mol. The summed E-state index contributed by atoms with van der Waals surface area (Å²) < 4.78 is 33.8. The maximum absolute atomic E-state index is 12.8. The lowest BCUT2D eigenvalue weighted by Crippen LogP contribution is -2.53.